The molecule has 1 atom stereocenters. The highest BCUT2D eigenvalue weighted by Gasteiger charge is 2.32. The van der Waals surface area contributed by atoms with Gasteiger partial charge in [0.05, 0.1) is 12.2 Å². The summed E-state index contributed by atoms with van der Waals surface area (Å²) in [6.07, 6.45) is 9.56. The second-order valence-electron chi connectivity index (χ2n) is 7.42. The van der Waals surface area contributed by atoms with Gasteiger partial charge in [-0.05, 0) is 26.2 Å². The number of guanidine groups is 1. The van der Waals surface area contributed by atoms with Gasteiger partial charge in [-0.15, -0.1) is 11.3 Å². The molecule has 1 aliphatic carbocycles. The van der Waals surface area contributed by atoms with E-state index in [4.69, 9.17) is 0 Å². The Morgan fingerprint density at radius 2 is 2.22 bits per heavy atom. The van der Waals surface area contributed by atoms with Crippen LogP contribution in [0.3, 0.4) is 0 Å². The number of hydrogen-bond acceptors (Lipinski definition) is 4. The maximum absolute atomic E-state index is 12.6. The molecule has 27 heavy (non-hydrogen) atoms. The first-order valence-electron chi connectivity index (χ1n) is 9.97. The number of fused-ring (bicyclic) bond motifs is 1. The van der Waals surface area contributed by atoms with Gasteiger partial charge in [-0.25, -0.2) is 9.98 Å². The van der Waals surface area contributed by atoms with Crippen LogP contribution in [0, 0.1) is 5.92 Å². The number of hydrogen-bond donors (Lipinski definition) is 2. The molecule has 7 nitrogen and oxygen atoms in total. The van der Waals surface area contributed by atoms with E-state index in [2.05, 4.69) is 27.5 Å². The van der Waals surface area contributed by atoms with Crippen LogP contribution >= 0.6 is 11.3 Å². The molecule has 4 rings (SSSR count). The fraction of sp³-hybridized carbons (Fsp3) is 0.632. The molecular formula is C19H28N6OS. The Morgan fingerprint density at radius 3 is 3.00 bits per heavy atom. The van der Waals surface area contributed by atoms with Crippen LogP contribution in [0.15, 0.2) is 22.8 Å². The summed E-state index contributed by atoms with van der Waals surface area (Å²) in [5, 5.41) is 8.84. The van der Waals surface area contributed by atoms with E-state index in [0.29, 0.717) is 12.5 Å². The molecule has 0 spiro atoms. The number of thiazole rings is 1. The van der Waals surface area contributed by atoms with Crippen LogP contribution in [0.1, 0.15) is 44.7 Å². The molecule has 0 aromatic carbocycles. The van der Waals surface area contributed by atoms with Gasteiger partial charge in [0.25, 0.3) is 0 Å². The lowest BCUT2D eigenvalue weighted by molar-refractivity contribution is -0.134. The molecule has 1 unspecified atom stereocenters. The van der Waals surface area contributed by atoms with Gasteiger partial charge in [0, 0.05) is 49.4 Å². The molecule has 146 valence electrons. The minimum atomic E-state index is 0.263. The van der Waals surface area contributed by atoms with Gasteiger partial charge >= 0.3 is 0 Å². The number of aliphatic imine (C=N–C) groups is 1. The summed E-state index contributed by atoms with van der Waals surface area (Å²) in [6.45, 7) is 5.04. The third-order valence-electron chi connectivity index (χ3n) is 5.43. The first-order valence-corrected chi connectivity index (χ1v) is 10.9. The minimum Gasteiger partial charge on any atom is -0.357 e. The van der Waals surface area contributed by atoms with Crippen molar-refractivity contribution in [3.8, 4) is 0 Å². The standard InChI is InChI=1S/C19H28N6OS/c1-2-20-18(21-11-16-13-25-9-10-27-19(25)23-16)22-15-7-8-24(12-15)17(26)14-5-3-4-6-14/h9-10,13-15H,2-8,11-12H2,1H3,(H2,20,21,22). The SMILES string of the molecule is CCNC(=NCc1cn2ccsc2n1)NC1CCN(C(=O)C2CCCC2)C1. The summed E-state index contributed by atoms with van der Waals surface area (Å²) in [5.41, 5.74) is 0.962. The van der Waals surface area contributed by atoms with Crippen molar-refractivity contribution in [1.82, 2.24) is 24.9 Å². The average Bonchev–Trinajstić information content (AvgIpc) is 3.43. The van der Waals surface area contributed by atoms with E-state index >= 15 is 0 Å². The molecule has 8 heteroatoms. The Kier molecular flexibility index (Phi) is 5.61. The Balaban J connectivity index is 1.33. The molecule has 1 saturated heterocycles. The first kappa shape index (κ1) is 18.3. The second kappa shape index (κ2) is 8.29. The van der Waals surface area contributed by atoms with Crippen molar-refractivity contribution in [2.75, 3.05) is 19.6 Å². The number of rotatable bonds is 5. The predicted octanol–water partition coefficient (Wildman–Crippen LogP) is 2.24. The summed E-state index contributed by atoms with van der Waals surface area (Å²) >= 11 is 1.63. The Labute approximate surface area is 163 Å². The summed E-state index contributed by atoms with van der Waals surface area (Å²) in [6, 6.07) is 0.263. The van der Waals surface area contributed by atoms with Crippen molar-refractivity contribution >= 4 is 28.2 Å². The highest BCUT2D eigenvalue weighted by Crippen LogP contribution is 2.27. The lowest BCUT2D eigenvalue weighted by atomic mass is 10.1. The van der Waals surface area contributed by atoms with Gasteiger partial charge in [0.2, 0.25) is 5.91 Å². The van der Waals surface area contributed by atoms with Gasteiger partial charge in [0.1, 0.15) is 0 Å². The molecule has 2 aliphatic rings. The van der Waals surface area contributed by atoms with Crippen molar-refractivity contribution in [2.24, 2.45) is 10.9 Å². The molecule has 3 heterocycles. The topological polar surface area (TPSA) is 74.0 Å². The predicted molar refractivity (Wildman–Crippen MR) is 108 cm³/mol. The quantitative estimate of drug-likeness (QED) is 0.609. The van der Waals surface area contributed by atoms with E-state index in [1.807, 2.05) is 27.1 Å². The second-order valence-corrected chi connectivity index (χ2v) is 8.29. The van der Waals surface area contributed by atoms with Crippen LogP contribution in [0.2, 0.25) is 0 Å². The van der Waals surface area contributed by atoms with Crippen molar-refractivity contribution < 1.29 is 4.79 Å². The molecule has 1 aliphatic heterocycles. The van der Waals surface area contributed by atoms with Crippen LogP contribution in [0.25, 0.3) is 4.96 Å². The Hall–Kier alpha value is -2.09. The van der Waals surface area contributed by atoms with Gasteiger partial charge in [-0.3, -0.25) is 9.20 Å². The van der Waals surface area contributed by atoms with Gasteiger partial charge in [-0.1, -0.05) is 12.8 Å². The third-order valence-corrected chi connectivity index (χ3v) is 6.20. The number of aromatic nitrogens is 2. The van der Waals surface area contributed by atoms with Crippen LogP contribution < -0.4 is 10.6 Å². The van der Waals surface area contributed by atoms with Gasteiger partial charge in [0.15, 0.2) is 10.9 Å². The maximum atomic E-state index is 12.6. The summed E-state index contributed by atoms with van der Waals surface area (Å²) < 4.78 is 2.03. The maximum Gasteiger partial charge on any atom is 0.225 e. The van der Waals surface area contributed by atoms with Gasteiger partial charge < -0.3 is 15.5 Å². The minimum absolute atomic E-state index is 0.263. The molecular weight excluding hydrogens is 360 g/mol. The van der Waals surface area contributed by atoms with E-state index in [9.17, 15) is 4.79 Å². The van der Waals surface area contributed by atoms with E-state index in [-0.39, 0.29) is 12.0 Å². The molecule has 1 amide bonds. The summed E-state index contributed by atoms with van der Waals surface area (Å²) in [5.74, 6) is 1.42. The van der Waals surface area contributed by atoms with Crippen LogP contribution in [0.4, 0.5) is 0 Å². The number of likely N-dealkylation sites (tertiary alicyclic amines) is 1. The van der Waals surface area contributed by atoms with Crippen LogP contribution in [-0.4, -0.2) is 51.8 Å². The average molecular weight is 389 g/mol. The lowest BCUT2D eigenvalue weighted by Crippen LogP contribution is -2.45. The fourth-order valence-corrected chi connectivity index (χ4v) is 4.75. The highest BCUT2D eigenvalue weighted by molar-refractivity contribution is 7.15. The van der Waals surface area contributed by atoms with E-state index in [1.165, 1.54) is 12.8 Å². The molecule has 2 aromatic rings. The normalized spacial score (nSPS) is 21.3. The van der Waals surface area contributed by atoms with Crippen molar-refractivity contribution in [3.63, 3.8) is 0 Å². The number of nitrogens with one attached hydrogen (secondary N) is 2. The highest BCUT2D eigenvalue weighted by atomic mass is 32.1. The zero-order valence-corrected chi connectivity index (χ0v) is 16.7. The van der Waals surface area contributed by atoms with Crippen LogP contribution in [-0.2, 0) is 11.3 Å². The van der Waals surface area contributed by atoms with E-state index < -0.39 is 0 Å². The molecule has 1 saturated carbocycles. The smallest absolute Gasteiger partial charge is 0.225 e. The number of nitrogens with zero attached hydrogens (tertiary/aromatic N) is 4. The monoisotopic (exact) mass is 388 g/mol. The van der Waals surface area contributed by atoms with Crippen molar-refractivity contribution in [3.05, 3.63) is 23.5 Å². The molecule has 2 N–H and O–H groups in total. The first-order chi connectivity index (χ1) is 13.2. The Bertz CT molecular complexity index is 778. The number of carbonyl (C=O) groups excluding carboxylic acids is 1. The van der Waals surface area contributed by atoms with Crippen molar-refractivity contribution in [1.29, 1.82) is 0 Å². The Morgan fingerprint density at radius 1 is 1.37 bits per heavy atom. The van der Waals surface area contributed by atoms with Crippen molar-refractivity contribution in [2.45, 2.75) is 51.6 Å². The van der Waals surface area contributed by atoms with E-state index in [0.717, 1.165) is 55.5 Å². The van der Waals surface area contributed by atoms with E-state index in [1.54, 1.807) is 11.3 Å². The molecule has 2 fully saturated rings. The summed E-state index contributed by atoms with van der Waals surface area (Å²) in [4.78, 5) is 24.9. The van der Waals surface area contributed by atoms with Gasteiger partial charge in [-0.2, -0.15) is 0 Å². The molecule has 0 radical (unpaired) electrons. The summed E-state index contributed by atoms with van der Waals surface area (Å²) in [7, 11) is 0. The largest absolute Gasteiger partial charge is 0.357 e. The third kappa shape index (κ3) is 4.26. The van der Waals surface area contributed by atoms with Crippen LogP contribution in [0.5, 0.6) is 0 Å². The zero-order valence-electron chi connectivity index (χ0n) is 15.9. The molecule has 2 aromatic heterocycles. The number of carbonyl (C=O) groups is 1. The number of imidazole rings is 1. The fourth-order valence-electron chi connectivity index (χ4n) is 4.03. The number of amides is 1. The molecule has 0 bridgehead atoms. The zero-order chi connectivity index (χ0) is 18.6. The lowest BCUT2D eigenvalue weighted by Gasteiger charge is -2.21.